The Morgan fingerprint density at radius 3 is 2.80 bits per heavy atom. The van der Waals surface area contributed by atoms with Gasteiger partial charge in [-0.15, -0.1) is 0 Å². The normalized spacial score (nSPS) is 21.5. The maximum atomic E-state index is 5.58. The summed E-state index contributed by atoms with van der Waals surface area (Å²) in [7, 11) is 0. The molecule has 7 nitrogen and oxygen atoms in total. The van der Waals surface area contributed by atoms with Crippen LogP contribution in [0.3, 0.4) is 0 Å². The summed E-state index contributed by atoms with van der Waals surface area (Å²) in [5.41, 5.74) is 2.56. The van der Waals surface area contributed by atoms with Gasteiger partial charge in [0, 0.05) is 11.5 Å². The fourth-order valence-corrected chi connectivity index (χ4v) is 3.93. The third-order valence-electron chi connectivity index (χ3n) is 5.55. The van der Waals surface area contributed by atoms with Crippen LogP contribution in [0, 0.1) is 5.41 Å². The van der Waals surface area contributed by atoms with Crippen LogP contribution < -0.4 is 5.32 Å². The SMILES string of the molecule is c1ncn(Cc2ccc(-c3noc([C@H]4CC45CCNCC5)n3)cc2)n1. The van der Waals surface area contributed by atoms with Crippen molar-refractivity contribution in [3.05, 3.63) is 48.4 Å². The number of nitrogens with one attached hydrogen (secondary N) is 1. The molecule has 0 bridgehead atoms. The lowest BCUT2D eigenvalue weighted by Gasteiger charge is -2.22. The van der Waals surface area contributed by atoms with Gasteiger partial charge < -0.3 is 9.84 Å². The van der Waals surface area contributed by atoms with Crippen molar-refractivity contribution < 1.29 is 4.52 Å². The molecule has 1 atom stereocenters. The first-order chi connectivity index (χ1) is 12.3. The van der Waals surface area contributed by atoms with Crippen LogP contribution in [0.15, 0.2) is 41.4 Å². The van der Waals surface area contributed by atoms with Gasteiger partial charge in [0.05, 0.1) is 6.54 Å². The Labute approximate surface area is 145 Å². The molecule has 25 heavy (non-hydrogen) atoms. The number of hydrogen-bond acceptors (Lipinski definition) is 6. The van der Waals surface area contributed by atoms with Crippen LogP contribution >= 0.6 is 0 Å². The zero-order valence-electron chi connectivity index (χ0n) is 13.9. The number of hydrogen-bond donors (Lipinski definition) is 1. The van der Waals surface area contributed by atoms with Crippen LogP contribution in [0.1, 0.15) is 36.6 Å². The van der Waals surface area contributed by atoms with E-state index in [1.54, 1.807) is 17.3 Å². The van der Waals surface area contributed by atoms with E-state index in [-0.39, 0.29) is 0 Å². The molecule has 2 aromatic heterocycles. The average molecular weight is 336 g/mol. The van der Waals surface area contributed by atoms with Crippen LogP contribution in [-0.4, -0.2) is 38.0 Å². The molecule has 1 aliphatic heterocycles. The van der Waals surface area contributed by atoms with E-state index in [9.17, 15) is 0 Å². The van der Waals surface area contributed by atoms with E-state index in [1.165, 1.54) is 19.3 Å². The molecule has 1 saturated carbocycles. The number of rotatable bonds is 4. The second-order valence-corrected chi connectivity index (χ2v) is 7.12. The molecule has 3 heterocycles. The van der Waals surface area contributed by atoms with Gasteiger partial charge in [-0.1, -0.05) is 29.4 Å². The maximum Gasteiger partial charge on any atom is 0.230 e. The van der Waals surface area contributed by atoms with Crippen molar-refractivity contribution in [1.29, 1.82) is 0 Å². The summed E-state index contributed by atoms with van der Waals surface area (Å²) < 4.78 is 7.38. The zero-order valence-corrected chi connectivity index (χ0v) is 13.9. The van der Waals surface area contributed by atoms with E-state index in [4.69, 9.17) is 4.52 Å². The molecule has 1 spiro atoms. The maximum absolute atomic E-state index is 5.58. The molecule has 0 unspecified atom stereocenters. The lowest BCUT2D eigenvalue weighted by atomic mass is 9.92. The molecule has 2 aliphatic rings. The molecule has 2 fully saturated rings. The molecule has 1 aromatic carbocycles. The predicted molar refractivity (Wildman–Crippen MR) is 90.8 cm³/mol. The van der Waals surface area contributed by atoms with Gasteiger partial charge in [-0.25, -0.2) is 9.67 Å². The van der Waals surface area contributed by atoms with Crippen molar-refractivity contribution >= 4 is 0 Å². The molecule has 1 saturated heterocycles. The topological polar surface area (TPSA) is 81.7 Å². The summed E-state index contributed by atoms with van der Waals surface area (Å²) in [5.74, 6) is 1.93. The first kappa shape index (κ1) is 14.8. The highest BCUT2D eigenvalue weighted by molar-refractivity contribution is 5.54. The van der Waals surface area contributed by atoms with Gasteiger partial charge in [-0.3, -0.25) is 0 Å². The van der Waals surface area contributed by atoms with Crippen LogP contribution in [0.5, 0.6) is 0 Å². The Kier molecular flexibility index (Phi) is 3.41. The molecule has 0 radical (unpaired) electrons. The first-order valence-electron chi connectivity index (χ1n) is 8.78. The third-order valence-corrected chi connectivity index (χ3v) is 5.55. The summed E-state index contributed by atoms with van der Waals surface area (Å²) in [6.07, 6.45) is 6.87. The van der Waals surface area contributed by atoms with Crippen LogP contribution in [0.2, 0.25) is 0 Å². The summed E-state index contributed by atoms with van der Waals surface area (Å²) >= 11 is 0. The molecule has 3 aromatic rings. The van der Waals surface area contributed by atoms with E-state index in [0.717, 1.165) is 30.1 Å². The minimum atomic E-state index is 0.413. The summed E-state index contributed by atoms with van der Waals surface area (Å²) in [5, 5.41) is 11.8. The van der Waals surface area contributed by atoms with Crippen molar-refractivity contribution in [1.82, 2.24) is 30.2 Å². The highest BCUT2D eigenvalue weighted by Gasteiger charge is 2.57. The summed E-state index contributed by atoms with van der Waals surface area (Å²) in [6, 6.07) is 8.21. The number of nitrogens with zero attached hydrogens (tertiary/aromatic N) is 5. The van der Waals surface area contributed by atoms with Crippen molar-refractivity contribution in [2.45, 2.75) is 31.7 Å². The molecule has 5 rings (SSSR count). The predicted octanol–water partition coefficient (Wildman–Crippen LogP) is 2.23. The van der Waals surface area contributed by atoms with Gasteiger partial charge in [-0.05, 0) is 43.3 Å². The number of benzene rings is 1. The average Bonchev–Trinajstić information content (AvgIpc) is 3.04. The fourth-order valence-electron chi connectivity index (χ4n) is 3.93. The van der Waals surface area contributed by atoms with Gasteiger partial charge in [0.1, 0.15) is 12.7 Å². The van der Waals surface area contributed by atoms with E-state index in [0.29, 0.717) is 23.7 Å². The monoisotopic (exact) mass is 336 g/mol. The lowest BCUT2D eigenvalue weighted by molar-refractivity contribution is 0.311. The molecule has 0 amide bonds. The third kappa shape index (κ3) is 2.74. The van der Waals surface area contributed by atoms with Crippen LogP contribution in [0.4, 0.5) is 0 Å². The highest BCUT2D eigenvalue weighted by Crippen LogP contribution is 2.63. The Balaban J connectivity index is 1.30. The Morgan fingerprint density at radius 2 is 2.04 bits per heavy atom. The minimum absolute atomic E-state index is 0.413. The molecule has 1 N–H and O–H groups in total. The molecule has 7 heteroatoms. The first-order valence-corrected chi connectivity index (χ1v) is 8.78. The zero-order chi connectivity index (χ0) is 16.7. The van der Waals surface area contributed by atoms with Gasteiger partial charge >= 0.3 is 0 Å². The van der Waals surface area contributed by atoms with E-state index in [1.807, 2.05) is 12.1 Å². The van der Waals surface area contributed by atoms with Gasteiger partial charge in [0.2, 0.25) is 11.7 Å². The van der Waals surface area contributed by atoms with E-state index < -0.39 is 0 Å². The van der Waals surface area contributed by atoms with E-state index in [2.05, 4.69) is 37.7 Å². The molecular formula is C18H20N6O. The minimum Gasteiger partial charge on any atom is -0.339 e. The van der Waals surface area contributed by atoms with Gasteiger partial charge in [0.15, 0.2) is 0 Å². The van der Waals surface area contributed by atoms with E-state index >= 15 is 0 Å². The standard InChI is InChI=1S/C18H20N6O/c1-3-14(4-2-13(1)10-24-12-20-11-21-24)16-22-17(25-23-16)15-9-18(15)5-7-19-8-6-18/h1-4,11-12,15,19H,5-10H2/t15-/m1/s1. The van der Waals surface area contributed by atoms with Gasteiger partial charge in [-0.2, -0.15) is 10.1 Å². The molecule has 1 aliphatic carbocycles. The fraction of sp³-hybridized carbons (Fsp3) is 0.444. The lowest BCUT2D eigenvalue weighted by Crippen LogP contribution is -2.29. The van der Waals surface area contributed by atoms with Crippen molar-refractivity contribution in [2.75, 3.05) is 13.1 Å². The smallest absolute Gasteiger partial charge is 0.230 e. The van der Waals surface area contributed by atoms with Crippen molar-refractivity contribution in [3.63, 3.8) is 0 Å². The van der Waals surface area contributed by atoms with Crippen molar-refractivity contribution in [2.24, 2.45) is 5.41 Å². The number of aromatic nitrogens is 5. The second-order valence-electron chi connectivity index (χ2n) is 7.12. The van der Waals surface area contributed by atoms with Crippen LogP contribution in [0.25, 0.3) is 11.4 Å². The summed E-state index contributed by atoms with van der Waals surface area (Å²) in [6.45, 7) is 2.91. The van der Waals surface area contributed by atoms with Gasteiger partial charge in [0.25, 0.3) is 0 Å². The second kappa shape index (κ2) is 5.77. The Hall–Kier alpha value is -2.54. The molecular weight excluding hydrogens is 316 g/mol. The number of piperidine rings is 1. The van der Waals surface area contributed by atoms with Crippen LogP contribution in [-0.2, 0) is 6.54 Å². The summed E-state index contributed by atoms with van der Waals surface area (Å²) in [4.78, 5) is 8.63. The van der Waals surface area contributed by atoms with Crippen molar-refractivity contribution in [3.8, 4) is 11.4 Å². The largest absolute Gasteiger partial charge is 0.339 e. The quantitative estimate of drug-likeness (QED) is 0.787. The molecule has 128 valence electrons. The highest BCUT2D eigenvalue weighted by atomic mass is 16.5. The Bertz CT molecular complexity index is 848. The Morgan fingerprint density at radius 1 is 1.20 bits per heavy atom.